The van der Waals surface area contributed by atoms with Crippen LogP contribution in [0.5, 0.6) is 0 Å². The van der Waals surface area contributed by atoms with Crippen LogP contribution in [0.25, 0.3) is 0 Å². The SMILES string of the molecule is CC1C(=O)N(C)c2ccc(C=O)cc2N1C1CC1.CNc1ccncn1. The van der Waals surface area contributed by atoms with Crippen molar-refractivity contribution in [1.29, 1.82) is 0 Å². The van der Waals surface area contributed by atoms with Gasteiger partial charge in [-0.15, -0.1) is 0 Å². The normalized spacial score (nSPS) is 18.6. The molecule has 7 nitrogen and oxygen atoms in total. The third kappa shape index (κ3) is 3.51. The number of nitrogens with zero attached hydrogens (tertiary/aromatic N) is 4. The maximum Gasteiger partial charge on any atom is 0.249 e. The Morgan fingerprint density at radius 1 is 1.23 bits per heavy atom. The monoisotopic (exact) mass is 353 g/mol. The van der Waals surface area contributed by atoms with Crippen molar-refractivity contribution in [1.82, 2.24) is 9.97 Å². The fourth-order valence-corrected chi connectivity index (χ4v) is 3.13. The molecule has 1 unspecified atom stereocenters. The van der Waals surface area contributed by atoms with Crippen LogP contribution >= 0.6 is 0 Å². The van der Waals surface area contributed by atoms with Gasteiger partial charge in [-0.25, -0.2) is 9.97 Å². The third-order valence-electron chi connectivity index (χ3n) is 4.66. The molecular formula is C19H23N5O2. The lowest BCUT2D eigenvalue weighted by Gasteiger charge is -2.40. The molecule has 7 heteroatoms. The van der Waals surface area contributed by atoms with E-state index in [1.165, 1.54) is 6.33 Å². The van der Waals surface area contributed by atoms with Crippen molar-refractivity contribution in [2.75, 3.05) is 29.2 Å². The first-order chi connectivity index (χ1) is 12.6. The van der Waals surface area contributed by atoms with Gasteiger partial charge in [0, 0.05) is 31.9 Å². The van der Waals surface area contributed by atoms with Gasteiger partial charge in [0.15, 0.2) is 0 Å². The summed E-state index contributed by atoms with van der Waals surface area (Å²) in [5.74, 6) is 0.966. The van der Waals surface area contributed by atoms with Gasteiger partial charge in [0.25, 0.3) is 0 Å². The molecule has 0 bridgehead atoms. The zero-order chi connectivity index (χ0) is 18.7. The van der Waals surface area contributed by atoms with E-state index in [0.29, 0.717) is 11.6 Å². The summed E-state index contributed by atoms with van der Waals surface area (Å²) in [5.41, 5.74) is 2.57. The number of amides is 1. The van der Waals surface area contributed by atoms with Crippen molar-refractivity contribution in [2.45, 2.75) is 31.8 Å². The first kappa shape index (κ1) is 17.8. The summed E-state index contributed by atoms with van der Waals surface area (Å²) in [5, 5.41) is 2.88. The zero-order valence-electron chi connectivity index (χ0n) is 15.2. The minimum atomic E-state index is -0.142. The summed E-state index contributed by atoms with van der Waals surface area (Å²) in [7, 11) is 3.62. The number of benzene rings is 1. The Labute approximate surface area is 153 Å². The van der Waals surface area contributed by atoms with Crippen molar-refractivity contribution in [3.05, 3.63) is 42.4 Å². The van der Waals surface area contributed by atoms with E-state index in [9.17, 15) is 9.59 Å². The number of rotatable bonds is 3. The maximum absolute atomic E-state index is 12.2. The number of carbonyl (C=O) groups excluding carboxylic acids is 2. The molecule has 136 valence electrons. The highest BCUT2D eigenvalue weighted by molar-refractivity contribution is 6.05. The highest BCUT2D eigenvalue weighted by atomic mass is 16.2. The van der Waals surface area contributed by atoms with Gasteiger partial charge in [0.2, 0.25) is 5.91 Å². The van der Waals surface area contributed by atoms with Crippen LogP contribution in [0.15, 0.2) is 36.8 Å². The van der Waals surface area contributed by atoms with Crippen LogP contribution in [-0.4, -0.2) is 48.3 Å². The molecule has 1 amide bonds. The molecule has 26 heavy (non-hydrogen) atoms. The Morgan fingerprint density at radius 2 is 2.00 bits per heavy atom. The van der Waals surface area contributed by atoms with E-state index in [2.05, 4.69) is 20.2 Å². The summed E-state index contributed by atoms with van der Waals surface area (Å²) < 4.78 is 0. The van der Waals surface area contributed by atoms with Crippen LogP contribution in [0, 0.1) is 0 Å². The Hall–Kier alpha value is -2.96. The number of aromatic nitrogens is 2. The van der Waals surface area contributed by atoms with Crippen molar-refractivity contribution in [2.24, 2.45) is 0 Å². The molecule has 1 aromatic heterocycles. The Kier molecular flexibility index (Phi) is 5.16. The number of carbonyl (C=O) groups is 2. The molecule has 1 aromatic carbocycles. The highest BCUT2D eigenvalue weighted by Gasteiger charge is 2.41. The van der Waals surface area contributed by atoms with Crippen LogP contribution in [0.3, 0.4) is 0 Å². The van der Waals surface area contributed by atoms with Gasteiger partial charge >= 0.3 is 0 Å². The largest absolute Gasteiger partial charge is 0.373 e. The number of hydrogen-bond acceptors (Lipinski definition) is 6. The molecule has 4 rings (SSSR count). The second kappa shape index (κ2) is 7.51. The van der Waals surface area contributed by atoms with E-state index >= 15 is 0 Å². The molecule has 1 aliphatic heterocycles. The molecule has 1 atom stereocenters. The van der Waals surface area contributed by atoms with E-state index in [1.807, 2.05) is 26.1 Å². The van der Waals surface area contributed by atoms with E-state index in [4.69, 9.17) is 0 Å². The minimum absolute atomic E-state index is 0.119. The summed E-state index contributed by atoms with van der Waals surface area (Å²) in [6, 6.07) is 7.63. The lowest BCUT2D eigenvalue weighted by molar-refractivity contribution is -0.119. The molecule has 1 fully saturated rings. The topological polar surface area (TPSA) is 78.4 Å². The van der Waals surface area contributed by atoms with Crippen LogP contribution in [0.2, 0.25) is 0 Å². The maximum atomic E-state index is 12.2. The molecule has 0 spiro atoms. The molecule has 2 aromatic rings. The third-order valence-corrected chi connectivity index (χ3v) is 4.66. The molecule has 2 heterocycles. The lowest BCUT2D eigenvalue weighted by Crippen LogP contribution is -2.51. The van der Waals surface area contributed by atoms with Crippen molar-refractivity contribution in [3.8, 4) is 0 Å². The van der Waals surface area contributed by atoms with Gasteiger partial charge in [-0.1, -0.05) is 0 Å². The molecule has 1 saturated carbocycles. The predicted molar refractivity (Wildman–Crippen MR) is 102 cm³/mol. The molecule has 1 aliphatic carbocycles. The van der Waals surface area contributed by atoms with Gasteiger partial charge in [-0.3, -0.25) is 9.59 Å². The number of fused-ring (bicyclic) bond motifs is 1. The Balaban J connectivity index is 0.000000206. The second-order valence-corrected chi connectivity index (χ2v) is 6.42. The zero-order valence-corrected chi connectivity index (χ0v) is 15.2. The van der Waals surface area contributed by atoms with E-state index in [-0.39, 0.29) is 11.9 Å². The van der Waals surface area contributed by atoms with Gasteiger partial charge in [0.1, 0.15) is 24.5 Å². The number of anilines is 3. The van der Waals surface area contributed by atoms with E-state index in [0.717, 1.165) is 36.3 Å². The van der Waals surface area contributed by atoms with Crippen molar-refractivity contribution >= 4 is 29.4 Å². The van der Waals surface area contributed by atoms with E-state index in [1.54, 1.807) is 30.3 Å². The number of likely N-dealkylation sites (N-methyl/N-ethyl adjacent to an activating group) is 1. The highest BCUT2D eigenvalue weighted by Crippen LogP contribution is 2.42. The second-order valence-electron chi connectivity index (χ2n) is 6.42. The predicted octanol–water partition coefficient (Wildman–Crippen LogP) is 2.35. The summed E-state index contributed by atoms with van der Waals surface area (Å²) >= 11 is 0. The number of nitrogens with one attached hydrogen (secondary N) is 1. The van der Waals surface area contributed by atoms with Gasteiger partial charge in [0.05, 0.1) is 11.4 Å². The molecular weight excluding hydrogens is 330 g/mol. The molecule has 1 N–H and O–H groups in total. The fraction of sp³-hybridized carbons (Fsp3) is 0.368. The first-order valence-corrected chi connectivity index (χ1v) is 8.65. The van der Waals surface area contributed by atoms with Gasteiger partial charge in [-0.2, -0.15) is 0 Å². The van der Waals surface area contributed by atoms with Crippen LogP contribution in [0.4, 0.5) is 17.2 Å². The Bertz CT molecular complexity index is 792. The fourth-order valence-electron chi connectivity index (χ4n) is 3.13. The van der Waals surface area contributed by atoms with Crippen molar-refractivity contribution < 1.29 is 9.59 Å². The average molecular weight is 353 g/mol. The van der Waals surface area contributed by atoms with Crippen LogP contribution in [-0.2, 0) is 4.79 Å². The average Bonchev–Trinajstić information content (AvgIpc) is 3.52. The number of hydrogen-bond donors (Lipinski definition) is 1. The summed E-state index contributed by atoms with van der Waals surface area (Å²) in [6.45, 7) is 1.94. The minimum Gasteiger partial charge on any atom is -0.373 e. The first-order valence-electron chi connectivity index (χ1n) is 8.65. The standard InChI is InChI=1S/C14H16N2O2.C5H7N3/c1-9-14(18)15(2)12-6-3-10(8-17)7-13(12)16(9)11-4-5-11;1-6-5-2-3-7-4-8-5/h3,6-9,11H,4-5H2,1-2H3;2-4H,1H3,(H,6,7,8). The molecule has 0 radical (unpaired) electrons. The summed E-state index contributed by atoms with van der Waals surface area (Å²) in [6.07, 6.45) is 6.31. The lowest BCUT2D eigenvalue weighted by atomic mass is 10.1. The van der Waals surface area contributed by atoms with Gasteiger partial charge < -0.3 is 15.1 Å². The molecule has 2 aliphatic rings. The Morgan fingerprint density at radius 3 is 2.54 bits per heavy atom. The van der Waals surface area contributed by atoms with Gasteiger partial charge in [-0.05, 0) is 44.0 Å². The summed E-state index contributed by atoms with van der Waals surface area (Å²) in [4.78, 5) is 34.6. The number of aldehydes is 1. The smallest absolute Gasteiger partial charge is 0.249 e. The van der Waals surface area contributed by atoms with E-state index < -0.39 is 0 Å². The quantitative estimate of drug-likeness (QED) is 0.854. The van der Waals surface area contributed by atoms with Crippen molar-refractivity contribution in [3.63, 3.8) is 0 Å². The molecule has 0 saturated heterocycles. The van der Waals surface area contributed by atoms with Crippen LogP contribution in [0.1, 0.15) is 30.1 Å². The van der Waals surface area contributed by atoms with Crippen LogP contribution < -0.4 is 15.1 Å².